The predicted molar refractivity (Wildman–Crippen MR) is 247 cm³/mol. The minimum Gasteiger partial charge on any atom is -0.462 e. The van der Waals surface area contributed by atoms with Crippen molar-refractivity contribution in [2.45, 2.75) is 206 Å². The van der Waals surface area contributed by atoms with Crippen LogP contribution in [0.25, 0.3) is 0 Å². The van der Waals surface area contributed by atoms with Gasteiger partial charge in [0, 0.05) is 12.8 Å². The fourth-order valence-corrected chi connectivity index (χ4v) is 7.16. The first-order valence-electron chi connectivity index (χ1n) is 23.9. The molecule has 10 heteroatoms. The summed E-state index contributed by atoms with van der Waals surface area (Å²) in [7, 11) is 1.47. The number of esters is 2. The molecular formula is C49H91NO8P+. The molecule has 0 aliphatic heterocycles. The van der Waals surface area contributed by atoms with Gasteiger partial charge in [0.2, 0.25) is 0 Å². The summed E-state index contributed by atoms with van der Waals surface area (Å²) < 4.78 is 34.4. The van der Waals surface area contributed by atoms with Gasteiger partial charge >= 0.3 is 19.8 Å². The summed E-state index contributed by atoms with van der Waals surface area (Å²) >= 11 is 0. The Hall–Kier alpha value is -2.03. The van der Waals surface area contributed by atoms with Gasteiger partial charge in [0.1, 0.15) is 19.8 Å². The molecule has 0 aromatic rings. The third kappa shape index (κ3) is 45.3. The molecule has 1 N–H and O–H groups in total. The van der Waals surface area contributed by atoms with E-state index in [2.05, 4.69) is 62.5 Å². The normalized spacial score (nSPS) is 13.9. The zero-order valence-electron chi connectivity index (χ0n) is 38.7. The van der Waals surface area contributed by atoms with Gasteiger partial charge in [0.05, 0.1) is 27.7 Å². The summed E-state index contributed by atoms with van der Waals surface area (Å²) in [5.41, 5.74) is 0. The van der Waals surface area contributed by atoms with Gasteiger partial charge in [-0.25, -0.2) is 4.57 Å². The maximum atomic E-state index is 12.7. The van der Waals surface area contributed by atoms with Crippen LogP contribution in [0, 0.1) is 0 Å². The largest absolute Gasteiger partial charge is 0.472 e. The topological polar surface area (TPSA) is 108 Å². The van der Waals surface area contributed by atoms with Crippen molar-refractivity contribution < 1.29 is 42.1 Å². The van der Waals surface area contributed by atoms with Gasteiger partial charge < -0.3 is 18.9 Å². The highest BCUT2D eigenvalue weighted by Crippen LogP contribution is 2.43. The molecule has 9 nitrogen and oxygen atoms in total. The first kappa shape index (κ1) is 57.0. The quantitative estimate of drug-likeness (QED) is 0.0212. The van der Waals surface area contributed by atoms with Crippen LogP contribution >= 0.6 is 7.82 Å². The number of nitrogens with zero attached hydrogens (tertiary/aromatic N) is 1. The minimum absolute atomic E-state index is 0.0282. The number of quaternary nitrogens is 1. The fourth-order valence-electron chi connectivity index (χ4n) is 6.42. The van der Waals surface area contributed by atoms with E-state index in [0.717, 1.165) is 83.5 Å². The van der Waals surface area contributed by atoms with Gasteiger partial charge in [-0.2, -0.15) is 0 Å². The summed E-state index contributed by atoms with van der Waals surface area (Å²) in [5.74, 6) is -0.810. The van der Waals surface area contributed by atoms with Crippen molar-refractivity contribution in [2.24, 2.45) is 0 Å². The standard InChI is InChI=1S/C49H90NO8P/c1-6-8-10-12-14-16-18-20-22-24-25-26-28-30-32-34-36-38-40-42-49(52)58-47(46-57-59(53,54)56-44-43-50(3,4)5)45-55-48(51)41-39-37-35-33-31-29-27-23-21-19-17-15-13-11-9-7-2/h8,10,14,16,20,22,25-26,47H,6-7,9,11-13,15,17-19,21,23-24,27-46H2,1-5H3/p+1/b10-8-,16-14-,22-20-,26-25-. The number of phosphoric acid groups is 1. The Labute approximate surface area is 363 Å². The molecule has 0 saturated carbocycles. The van der Waals surface area contributed by atoms with Gasteiger partial charge in [-0.1, -0.05) is 184 Å². The van der Waals surface area contributed by atoms with Crippen LogP contribution < -0.4 is 0 Å². The Morgan fingerprint density at radius 3 is 1.44 bits per heavy atom. The van der Waals surface area contributed by atoms with Crippen LogP contribution in [0.4, 0.5) is 0 Å². The van der Waals surface area contributed by atoms with E-state index in [1.165, 1.54) is 83.5 Å². The van der Waals surface area contributed by atoms with Gasteiger partial charge in [0.15, 0.2) is 6.10 Å². The monoisotopic (exact) mass is 853 g/mol. The van der Waals surface area contributed by atoms with Gasteiger partial charge in [-0.05, 0) is 51.4 Å². The number of ether oxygens (including phenoxy) is 2. The molecule has 0 rings (SSSR count). The number of carbonyl (C=O) groups is 2. The fraction of sp³-hybridized carbons (Fsp3) is 0.796. The number of hydrogen-bond acceptors (Lipinski definition) is 7. The van der Waals surface area contributed by atoms with Crippen molar-refractivity contribution in [3.8, 4) is 0 Å². The van der Waals surface area contributed by atoms with Crippen molar-refractivity contribution in [3.05, 3.63) is 48.6 Å². The number of unbranched alkanes of at least 4 members (excludes halogenated alkanes) is 21. The second-order valence-electron chi connectivity index (χ2n) is 17.1. The summed E-state index contributed by atoms with van der Waals surface area (Å²) in [6, 6.07) is 0. The predicted octanol–water partition coefficient (Wildman–Crippen LogP) is 13.9. The van der Waals surface area contributed by atoms with Crippen LogP contribution in [0.1, 0.15) is 200 Å². The van der Waals surface area contributed by atoms with Crippen molar-refractivity contribution in [1.29, 1.82) is 0 Å². The molecule has 0 aliphatic carbocycles. The average molecular weight is 853 g/mol. The number of rotatable bonds is 43. The number of hydrogen-bond donors (Lipinski definition) is 1. The first-order chi connectivity index (χ1) is 28.5. The van der Waals surface area contributed by atoms with Crippen LogP contribution in [-0.4, -0.2) is 74.9 Å². The molecule has 0 aromatic carbocycles. The zero-order chi connectivity index (χ0) is 43.6. The SMILES string of the molecule is CC/C=C\C/C=C\C/C=C\C/C=C\CCCCCCCCC(=O)OC(COC(=O)CCCCCCCCCCCCCCCCCC)COP(=O)(O)OCC[N+](C)(C)C. The molecule has 0 heterocycles. The lowest BCUT2D eigenvalue weighted by Gasteiger charge is -2.24. The highest BCUT2D eigenvalue weighted by Gasteiger charge is 2.27. The molecule has 0 fully saturated rings. The van der Waals surface area contributed by atoms with E-state index in [-0.39, 0.29) is 32.0 Å². The Morgan fingerprint density at radius 2 is 0.966 bits per heavy atom. The number of phosphoric ester groups is 1. The van der Waals surface area contributed by atoms with Crippen LogP contribution in [-0.2, 0) is 32.7 Å². The molecule has 0 bridgehead atoms. The summed E-state index contributed by atoms with van der Waals surface area (Å²) in [6.07, 6.45) is 48.7. The highest BCUT2D eigenvalue weighted by atomic mass is 31.2. The number of likely N-dealkylation sites (N-methyl/N-ethyl adjacent to an activating group) is 1. The molecule has 0 spiro atoms. The maximum absolute atomic E-state index is 12.7. The molecule has 2 unspecified atom stereocenters. The number of carbonyl (C=O) groups excluding carboxylic acids is 2. The number of allylic oxidation sites excluding steroid dienone is 8. The van der Waals surface area contributed by atoms with E-state index < -0.39 is 26.5 Å². The lowest BCUT2D eigenvalue weighted by molar-refractivity contribution is -0.870. The summed E-state index contributed by atoms with van der Waals surface area (Å²) in [5, 5.41) is 0. The van der Waals surface area contributed by atoms with Crippen LogP contribution in [0.3, 0.4) is 0 Å². The molecule has 0 aromatic heterocycles. The molecule has 59 heavy (non-hydrogen) atoms. The van der Waals surface area contributed by atoms with E-state index >= 15 is 0 Å². The van der Waals surface area contributed by atoms with Crippen molar-refractivity contribution in [1.82, 2.24) is 0 Å². The maximum Gasteiger partial charge on any atom is 0.472 e. The lowest BCUT2D eigenvalue weighted by Crippen LogP contribution is -2.37. The van der Waals surface area contributed by atoms with Crippen LogP contribution in [0.5, 0.6) is 0 Å². The second-order valence-corrected chi connectivity index (χ2v) is 18.6. The van der Waals surface area contributed by atoms with Crippen LogP contribution in [0.2, 0.25) is 0 Å². The molecule has 0 aliphatic rings. The zero-order valence-corrected chi connectivity index (χ0v) is 39.6. The Kier molecular flexibility index (Phi) is 39.9. The third-order valence-corrected chi connectivity index (χ3v) is 11.1. The molecule has 344 valence electrons. The minimum atomic E-state index is -4.38. The lowest BCUT2D eigenvalue weighted by atomic mass is 10.0. The smallest absolute Gasteiger partial charge is 0.462 e. The highest BCUT2D eigenvalue weighted by molar-refractivity contribution is 7.47. The first-order valence-corrected chi connectivity index (χ1v) is 25.4. The Bertz CT molecular complexity index is 1150. The Morgan fingerprint density at radius 1 is 0.542 bits per heavy atom. The van der Waals surface area contributed by atoms with Gasteiger partial charge in [-0.3, -0.25) is 18.6 Å². The van der Waals surface area contributed by atoms with E-state index in [9.17, 15) is 19.0 Å². The molecule has 2 atom stereocenters. The summed E-state index contributed by atoms with van der Waals surface area (Å²) in [4.78, 5) is 35.5. The van der Waals surface area contributed by atoms with Gasteiger partial charge in [0.25, 0.3) is 0 Å². The van der Waals surface area contributed by atoms with E-state index in [4.69, 9.17) is 18.5 Å². The molecule has 0 amide bonds. The second kappa shape index (κ2) is 41.3. The third-order valence-electron chi connectivity index (χ3n) is 10.1. The summed E-state index contributed by atoms with van der Waals surface area (Å²) in [6.45, 7) is 4.31. The van der Waals surface area contributed by atoms with E-state index in [1.807, 2.05) is 21.1 Å². The average Bonchev–Trinajstić information content (AvgIpc) is 3.19. The van der Waals surface area contributed by atoms with Crippen molar-refractivity contribution >= 4 is 19.8 Å². The van der Waals surface area contributed by atoms with Crippen molar-refractivity contribution in [3.63, 3.8) is 0 Å². The van der Waals surface area contributed by atoms with Crippen LogP contribution in [0.15, 0.2) is 48.6 Å². The molecular weight excluding hydrogens is 762 g/mol. The van der Waals surface area contributed by atoms with E-state index in [1.54, 1.807) is 0 Å². The van der Waals surface area contributed by atoms with Gasteiger partial charge in [-0.15, -0.1) is 0 Å². The molecule has 0 saturated heterocycles. The Balaban J connectivity index is 4.33. The van der Waals surface area contributed by atoms with Crippen molar-refractivity contribution in [2.75, 3.05) is 47.5 Å². The van der Waals surface area contributed by atoms with E-state index in [0.29, 0.717) is 17.4 Å². The molecule has 0 radical (unpaired) electrons.